The van der Waals surface area contributed by atoms with Gasteiger partial charge < -0.3 is 10.2 Å². The molecule has 0 aromatic heterocycles. The Bertz CT molecular complexity index is 165. The molecule has 1 N–H and O–H groups in total. The maximum absolute atomic E-state index is 11.0. The molecule has 0 saturated carbocycles. The van der Waals surface area contributed by atoms with Gasteiger partial charge in [0.15, 0.2) is 0 Å². The molecule has 0 aromatic rings. The van der Waals surface area contributed by atoms with E-state index >= 15 is 0 Å². The molecule has 0 atom stereocenters. The molecule has 1 fully saturated rings. The molecule has 1 aliphatic heterocycles. The summed E-state index contributed by atoms with van der Waals surface area (Å²) in [5.74, 6) is 0. The Kier molecular flexibility index (Phi) is 2.95. The van der Waals surface area contributed by atoms with Crippen molar-refractivity contribution in [2.75, 3.05) is 19.6 Å². The standard InChI is InChI=1S/C8H14N2O/c1-2-3-4-6-10-7-5-9-8(10)11/h2-3H,4-7H2,1H3,(H,9,11). The van der Waals surface area contributed by atoms with Crippen molar-refractivity contribution in [2.24, 2.45) is 0 Å². The lowest BCUT2D eigenvalue weighted by molar-refractivity contribution is 0.218. The lowest BCUT2D eigenvalue weighted by atomic mass is 10.3. The van der Waals surface area contributed by atoms with Crippen LogP contribution in [-0.2, 0) is 0 Å². The molecule has 1 rings (SSSR count). The van der Waals surface area contributed by atoms with E-state index in [9.17, 15) is 4.79 Å². The van der Waals surface area contributed by atoms with E-state index in [1.54, 1.807) is 0 Å². The monoisotopic (exact) mass is 154 g/mol. The van der Waals surface area contributed by atoms with Crippen LogP contribution in [-0.4, -0.2) is 30.6 Å². The van der Waals surface area contributed by atoms with E-state index < -0.39 is 0 Å². The van der Waals surface area contributed by atoms with Gasteiger partial charge in [-0.1, -0.05) is 12.2 Å². The zero-order valence-electron chi connectivity index (χ0n) is 6.84. The number of nitrogens with one attached hydrogen (secondary N) is 1. The van der Waals surface area contributed by atoms with Gasteiger partial charge in [-0.05, 0) is 13.3 Å². The lowest BCUT2D eigenvalue weighted by Gasteiger charge is -2.11. The van der Waals surface area contributed by atoms with E-state index in [-0.39, 0.29) is 6.03 Å². The quantitative estimate of drug-likeness (QED) is 0.604. The molecule has 2 amide bonds. The first-order valence-electron chi connectivity index (χ1n) is 3.98. The highest BCUT2D eigenvalue weighted by Gasteiger charge is 2.17. The van der Waals surface area contributed by atoms with Crippen LogP contribution < -0.4 is 5.32 Å². The number of urea groups is 1. The summed E-state index contributed by atoms with van der Waals surface area (Å²) < 4.78 is 0. The Balaban J connectivity index is 2.20. The van der Waals surface area contributed by atoms with Gasteiger partial charge in [-0.3, -0.25) is 0 Å². The van der Waals surface area contributed by atoms with Crippen molar-refractivity contribution >= 4 is 6.03 Å². The topological polar surface area (TPSA) is 32.3 Å². The van der Waals surface area contributed by atoms with E-state index in [1.807, 2.05) is 17.9 Å². The van der Waals surface area contributed by atoms with Gasteiger partial charge in [-0.15, -0.1) is 0 Å². The summed E-state index contributed by atoms with van der Waals surface area (Å²) in [4.78, 5) is 12.8. The third kappa shape index (κ3) is 2.26. The Labute approximate surface area is 67.1 Å². The van der Waals surface area contributed by atoms with Gasteiger partial charge >= 0.3 is 6.03 Å². The van der Waals surface area contributed by atoms with E-state index in [1.165, 1.54) is 0 Å². The van der Waals surface area contributed by atoms with E-state index in [4.69, 9.17) is 0 Å². The van der Waals surface area contributed by atoms with Crippen molar-refractivity contribution in [1.29, 1.82) is 0 Å². The Hall–Kier alpha value is -0.990. The molecule has 62 valence electrons. The number of hydrogen-bond acceptors (Lipinski definition) is 1. The number of nitrogens with zero attached hydrogens (tertiary/aromatic N) is 1. The summed E-state index contributed by atoms with van der Waals surface area (Å²) in [6.45, 7) is 4.49. The molecule has 0 aliphatic carbocycles. The number of amides is 2. The SMILES string of the molecule is CC=CCCN1CCNC1=O. The fraction of sp³-hybridized carbons (Fsp3) is 0.625. The molecular formula is C8H14N2O. The van der Waals surface area contributed by atoms with Crippen molar-refractivity contribution < 1.29 is 4.79 Å². The van der Waals surface area contributed by atoms with Crippen LogP contribution in [0.3, 0.4) is 0 Å². The van der Waals surface area contributed by atoms with Gasteiger partial charge in [0.05, 0.1) is 0 Å². The van der Waals surface area contributed by atoms with Gasteiger partial charge in [0.25, 0.3) is 0 Å². The van der Waals surface area contributed by atoms with Crippen LogP contribution >= 0.6 is 0 Å². The summed E-state index contributed by atoms with van der Waals surface area (Å²) in [5, 5.41) is 2.76. The minimum Gasteiger partial charge on any atom is -0.336 e. The lowest BCUT2D eigenvalue weighted by Crippen LogP contribution is -2.28. The number of carbonyl (C=O) groups is 1. The average Bonchev–Trinajstić information content (AvgIpc) is 2.37. The van der Waals surface area contributed by atoms with E-state index in [0.717, 1.165) is 26.1 Å². The molecule has 0 bridgehead atoms. The smallest absolute Gasteiger partial charge is 0.317 e. The van der Waals surface area contributed by atoms with E-state index in [2.05, 4.69) is 11.4 Å². The van der Waals surface area contributed by atoms with Crippen LogP contribution in [0.2, 0.25) is 0 Å². The molecule has 3 heteroatoms. The van der Waals surface area contributed by atoms with Gasteiger partial charge in [-0.2, -0.15) is 0 Å². The highest BCUT2D eigenvalue weighted by atomic mass is 16.2. The maximum atomic E-state index is 11.0. The van der Waals surface area contributed by atoms with Gasteiger partial charge in [0.2, 0.25) is 0 Å². The summed E-state index contributed by atoms with van der Waals surface area (Å²) in [6.07, 6.45) is 5.05. The minimum atomic E-state index is 0.0782. The van der Waals surface area contributed by atoms with Crippen molar-refractivity contribution in [3.8, 4) is 0 Å². The first-order chi connectivity index (χ1) is 5.34. The third-order valence-corrected chi connectivity index (χ3v) is 1.75. The molecule has 1 saturated heterocycles. The Morgan fingerprint density at radius 1 is 1.73 bits per heavy atom. The van der Waals surface area contributed by atoms with Crippen molar-refractivity contribution in [3.05, 3.63) is 12.2 Å². The fourth-order valence-corrected chi connectivity index (χ4v) is 1.12. The molecule has 0 aromatic carbocycles. The maximum Gasteiger partial charge on any atom is 0.317 e. The molecule has 0 radical (unpaired) electrons. The molecule has 3 nitrogen and oxygen atoms in total. The summed E-state index contributed by atoms with van der Waals surface area (Å²) in [5.41, 5.74) is 0. The molecule has 0 spiro atoms. The number of allylic oxidation sites excluding steroid dienone is 1. The molecule has 1 heterocycles. The summed E-state index contributed by atoms with van der Waals surface area (Å²) >= 11 is 0. The van der Waals surface area contributed by atoms with Crippen LogP contribution in [0.4, 0.5) is 4.79 Å². The normalized spacial score (nSPS) is 17.9. The van der Waals surface area contributed by atoms with Crippen LogP contribution in [0.25, 0.3) is 0 Å². The third-order valence-electron chi connectivity index (χ3n) is 1.75. The predicted octanol–water partition coefficient (Wildman–Crippen LogP) is 0.978. The van der Waals surface area contributed by atoms with Crippen LogP contribution in [0.15, 0.2) is 12.2 Å². The second-order valence-corrected chi connectivity index (χ2v) is 2.58. The second kappa shape index (κ2) is 4.01. The molecule has 0 unspecified atom stereocenters. The zero-order valence-corrected chi connectivity index (χ0v) is 6.84. The average molecular weight is 154 g/mol. The van der Waals surface area contributed by atoms with Crippen LogP contribution in [0.5, 0.6) is 0 Å². The largest absolute Gasteiger partial charge is 0.336 e. The van der Waals surface area contributed by atoms with Crippen molar-refractivity contribution in [3.63, 3.8) is 0 Å². The van der Waals surface area contributed by atoms with Gasteiger partial charge in [0.1, 0.15) is 0 Å². The van der Waals surface area contributed by atoms with Gasteiger partial charge in [0, 0.05) is 19.6 Å². The predicted molar refractivity (Wildman–Crippen MR) is 44.4 cm³/mol. The summed E-state index contributed by atoms with van der Waals surface area (Å²) in [6, 6.07) is 0.0782. The molecule has 11 heavy (non-hydrogen) atoms. The molecule has 1 aliphatic rings. The number of hydrogen-bond donors (Lipinski definition) is 1. The first kappa shape index (κ1) is 8.11. The summed E-state index contributed by atoms with van der Waals surface area (Å²) in [7, 11) is 0. The zero-order chi connectivity index (χ0) is 8.10. The Morgan fingerprint density at radius 2 is 2.55 bits per heavy atom. The van der Waals surface area contributed by atoms with Crippen molar-refractivity contribution in [1.82, 2.24) is 10.2 Å². The van der Waals surface area contributed by atoms with Crippen LogP contribution in [0, 0.1) is 0 Å². The highest BCUT2D eigenvalue weighted by molar-refractivity contribution is 5.76. The number of carbonyl (C=O) groups excluding carboxylic acids is 1. The first-order valence-corrected chi connectivity index (χ1v) is 3.98. The number of rotatable bonds is 3. The second-order valence-electron chi connectivity index (χ2n) is 2.58. The van der Waals surface area contributed by atoms with E-state index in [0.29, 0.717) is 0 Å². The van der Waals surface area contributed by atoms with Crippen molar-refractivity contribution in [2.45, 2.75) is 13.3 Å². The minimum absolute atomic E-state index is 0.0782. The van der Waals surface area contributed by atoms with Crippen LogP contribution in [0.1, 0.15) is 13.3 Å². The Morgan fingerprint density at radius 3 is 3.09 bits per heavy atom. The molecular weight excluding hydrogens is 140 g/mol. The highest BCUT2D eigenvalue weighted by Crippen LogP contribution is 1.98. The van der Waals surface area contributed by atoms with Gasteiger partial charge in [-0.25, -0.2) is 4.79 Å². The fourth-order valence-electron chi connectivity index (χ4n) is 1.12.